The lowest BCUT2D eigenvalue weighted by Gasteiger charge is -2.16. The Hall–Kier alpha value is -0.570. The van der Waals surface area contributed by atoms with Gasteiger partial charge in [0.05, 0.1) is 6.54 Å². The Bertz CT molecular complexity index is 230. The van der Waals surface area contributed by atoms with Crippen LogP contribution in [0, 0.1) is 5.92 Å². The molecule has 0 bridgehead atoms. The molecule has 2 rings (SSSR count). The number of hydrogen-bond acceptors (Lipinski definition) is 2. The summed E-state index contributed by atoms with van der Waals surface area (Å²) >= 11 is 0. The Morgan fingerprint density at radius 2 is 1.71 bits per heavy atom. The quantitative estimate of drug-likeness (QED) is 0.550. The van der Waals surface area contributed by atoms with Crippen LogP contribution in [0.2, 0.25) is 0 Å². The SMILES string of the molecule is O=C(CNCCC1CC1)NC1CCCCCC1. The van der Waals surface area contributed by atoms with Crippen LogP contribution in [0.15, 0.2) is 0 Å². The van der Waals surface area contributed by atoms with Gasteiger partial charge < -0.3 is 10.6 Å². The van der Waals surface area contributed by atoms with Crippen molar-refractivity contribution in [3.05, 3.63) is 0 Å². The standard InChI is InChI=1S/C14H26N2O/c17-14(11-15-10-9-12-7-8-12)16-13-5-3-1-2-4-6-13/h12-13,15H,1-11H2,(H,16,17). The number of carbonyl (C=O) groups excluding carboxylic acids is 1. The minimum absolute atomic E-state index is 0.188. The normalized spacial score (nSPS) is 22.1. The largest absolute Gasteiger partial charge is 0.352 e. The summed E-state index contributed by atoms with van der Waals surface area (Å²) in [7, 11) is 0. The predicted molar refractivity (Wildman–Crippen MR) is 69.8 cm³/mol. The summed E-state index contributed by atoms with van der Waals surface area (Å²) in [6, 6.07) is 0.440. The maximum absolute atomic E-state index is 11.7. The summed E-state index contributed by atoms with van der Waals surface area (Å²) in [6.45, 7) is 1.51. The number of nitrogens with one attached hydrogen (secondary N) is 2. The lowest BCUT2D eigenvalue weighted by Crippen LogP contribution is -2.40. The Kier molecular flexibility index (Phi) is 5.30. The third kappa shape index (κ3) is 5.53. The number of amides is 1. The van der Waals surface area contributed by atoms with Crippen LogP contribution in [0.25, 0.3) is 0 Å². The number of carbonyl (C=O) groups is 1. The van der Waals surface area contributed by atoms with Crippen LogP contribution in [-0.4, -0.2) is 25.0 Å². The molecule has 2 aliphatic carbocycles. The highest BCUT2D eigenvalue weighted by Crippen LogP contribution is 2.31. The topological polar surface area (TPSA) is 41.1 Å². The van der Waals surface area contributed by atoms with Gasteiger partial charge in [0.25, 0.3) is 0 Å². The molecule has 0 radical (unpaired) electrons. The molecule has 0 aliphatic heterocycles. The van der Waals surface area contributed by atoms with Crippen molar-refractivity contribution in [1.82, 2.24) is 10.6 Å². The van der Waals surface area contributed by atoms with Gasteiger partial charge in [0.15, 0.2) is 0 Å². The van der Waals surface area contributed by atoms with Gasteiger partial charge in [-0.05, 0) is 31.7 Å². The molecule has 0 atom stereocenters. The average molecular weight is 238 g/mol. The molecule has 17 heavy (non-hydrogen) atoms. The third-order valence-electron chi connectivity index (χ3n) is 3.93. The molecule has 0 heterocycles. The van der Waals surface area contributed by atoms with Crippen molar-refractivity contribution in [2.24, 2.45) is 5.92 Å². The summed E-state index contributed by atoms with van der Waals surface area (Å²) in [5.74, 6) is 1.14. The molecule has 2 aliphatic rings. The number of hydrogen-bond donors (Lipinski definition) is 2. The maximum atomic E-state index is 11.7. The summed E-state index contributed by atoms with van der Waals surface area (Å²) in [6.07, 6.45) is 11.6. The van der Waals surface area contributed by atoms with E-state index in [0.29, 0.717) is 12.6 Å². The fourth-order valence-electron chi connectivity index (χ4n) is 2.62. The van der Waals surface area contributed by atoms with E-state index in [1.165, 1.54) is 57.8 Å². The minimum atomic E-state index is 0.188. The van der Waals surface area contributed by atoms with Gasteiger partial charge in [-0.2, -0.15) is 0 Å². The van der Waals surface area contributed by atoms with Crippen molar-refractivity contribution >= 4 is 5.91 Å². The second-order valence-corrected chi connectivity index (χ2v) is 5.66. The highest BCUT2D eigenvalue weighted by atomic mass is 16.1. The summed E-state index contributed by atoms with van der Waals surface area (Å²) in [5, 5.41) is 6.41. The highest BCUT2D eigenvalue weighted by Gasteiger charge is 2.20. The van der Waals surface area contributed by atoms with E-state index in [-0.39, 0.29) is 5.91 Å². The lowest BCUT2D eigenvalue weighted by molar-refractivity contribution is -0.121. The van der Waals surface area contributed by atoms with Crippen molar-refractivity contribution in [1.29, 1.82) is 0 Å². The lowest BCUT2D eigenvalue weighted by atomic mass is 10.1. The van der Waals surface area contributed by atoms with E-state index in [9.17, 15) is 4.79 Å². The van der Waals surface area contributed by atoms with Crippen LogP contribution < -0.4 is 10.6 Å². The number of rotatable bonds is 6. The van der Waals surface area contributed by atoms with Crippen molar-refractivity contribution in [2.75, 3.05) is 13.1 Å². The second-order valence-electron chi connectivity index (χ2n) is 5.66. The fraction of sp³-hybridized carbons (Fsp3) is 0.929. The van der Waals surface area contributed by atoms with E-state index in [1.54, 1.807) is 0 Å². The third-order valence-corrected chi connectivity index (χ3v) is 3.93. The molecule has 0 saturated heterocycles. The van der Waals surface area contributed by atoms with Crippen LogP contribution in [0.1, 0.15) is 57.8 Å². The van der Waals surface area contributed by atoms with Crippen LogP contribution >= 0.6 is 0 Å². The molecule has 1 amide bonds. The Morgan fingerprint density at radius 3 is 2.35 bits per heavy atom. The van der Waals surface area contributed by atoms with E-state index in [2.05, 4.69) is 10.6 Å². The first-order chi connectivity index (χ1) is 8.34. The van der Waals surface area contributed by atoms with Gasteiger partial charge in [-0.15, -0.1) is 0 Å². The summed E-state index contributed by atoms with van der Waals surface area (Å²) in [4.78, 5) is 11.7. The minimum Gasteiger partial charge on any atom is -0.352 e. The van der Waals surface area contributed by atoms with Crippen molar-refractivity contribution in [2.45, 2.75) is 63.8 Å². The molecule has 0 unspecified atom stereocenters. The van der Waals surface area contributed by atoms with Gasteiger partial charge in [-0.25, -0.2) is 0 Å². The monoisotopic (exact) mass is 238 g/mol. The van der Waals surface area contributed by atoms with Gasteiger partial charge in [-0.1, -0.05) is 38.5 Å². The second kappa shape index (κ2) is 7.00. The van der Waals surface area contributed by atoms with Gasteiger partial charge in [-0.3, -0.25) is 4.79 Å². The molecule has 0 aromatic rings. The molecule has 98 valence electrons. The molecular formula is C14H26N2O. The zero-order chi connectivity index (χ0) is 11.9. The van der Waals surface area contributed by atoms with Crippen LogP contribution in [0.4, 0.5) is 0 Å². The summed E-state index contributed by atoms with van der Waals surface area (Å²) < 4.78 is 0. The molecule has 2 fully saturated rings. The summed E-state index contributed by atoms with van der Waals surface area (Å²) in [5.41, 5.74) is 0. The van der Waals surface area contributed by atoms with Crippen molar-refractivity contribution in [3.63, 3.8) is 0 Å². The Balaban J connectivity index is 1.52. The van der Waals surface area contributed by atoms with Gasteiger partial charge >= 0.3 is 0 Å². The first-order valence-electron chi connectivity index (χ1n) is 7.34. The van der Waals surface area contributed by atoms with Gasteiger partial charge in [0, 0.05) is 6.04 Å². The predicted octanol–water partition coefficient (Wildman–Crippen LogP) is 2.22. The molecule has 0 spiro atoms. The smallest absolute Gasteiger partial charge is 0.234 e. The molecule has 0 aromatic carbocycles. The van der Waals surface area contributed by atoms with Gasteiger partial charge in [0.1, 0.15) is 0 Å². The van der Waals surface area contributed by atoms with E-state index in [1.807, 2.05) is 0 Å². The first-order valence-corrected chi connectivity index (χ1v) is 7.34. The van der Waals surface area contributed by atoms with E-state index < -0.39 is 0 Å². The highest BCUT2D eigenvalue weighted by molar-refractivity contribution is 5.78. The first kappa shape index (κ1) is 12.9. The van der Waals surface area contributed by atoms with Crippen LogP contribution in [-0.2, 0) is 4.79 Å². The van der Waals surface area contributed by atoms with Crippen molar-refractivity contribution in [3.8, 4) is 0 Å². The molecular weight excluding hydrogens is 212 g/mol. The zero-order valence-electron chi connectivity index (χ0n) is 10.8. The van der Waals surface area contributed by atoms with Crippen molar-refractivity contribution < 1.29 is 4.79 Å². The molecule has 3 heteroatoms. The Morgan fingerprint density at radius 1 is 1.00 bits per heavy atom. The fourth-order valence-corrected chi connectivity index (χ4v) is 2.62. The van der Waals surface area contributed by atoms with E-state index in [4.69, 9.17) is 0 Å². The maximum Gasteiger partial charge on any atom is 0.234 e. The molecule has 2 saturated carbocycles. The van der Waals surface area contributed by atoms with E-state index in [0.717, 1.165) is 12.5 Å². The Labute approximate surface area is 105 Å². The molecule has 3 nitrogen and oxygen atoms in total. The molecule has 0 aromatic heterocycles. The molecule has 2 N–H and O–H groups in total. The zero-order valence-corrected chi connectivity index (χ0v) is 10.8. The van der Waals surface area contributed by atoms with Crippen LogP contribution in [0.3, 0.4) is 0 Å². The average Bonchev–Trinajstić information content (AvgIpc) is 3.12. The van der Waals surface area contributed by atoms with Gasteiger partial charge in [0.2, 0.25) is 5.91 Å². The van der Waals surface area contributed by atoms with E-state index >= 15 is 0 Å². The van der Waals surface area contributed by atoms with Crippen LogP contribution in [0.5, 0.6) is 0 Å².